The molecule has 3 aromatic carbocycles. The second kappa shape index (κ2) is 9.17. The van der Waals surface area contributed by atoms with Crippen LogP contribution in [0.3, 0.4) is 0 Å². The van der Waals surface area contributed by atoms with Gasteiger partial charge in [0.1, 0.15) is 23.6 Å². The molecular formula is C25H24N4O2. The summed E-state index contributed by atoms with van der Waals surface area (Å²) in [5, 5.41) is 0.824. The van der Waals surface area contributed by atoms with E-state index in [1.54, 1.807) is 7.11 Å². The number of allylic oxidation sites excluding steroid dienone is 1. The van der Waals surface area contributed by atoms with Gasteiger partial charge in [0.2, 0.25) is 5.95 Å². The number of benzene rings is 3. The molecule has 6 heteroatoms. The van der Waals surface area contributed by atoms with Crippen LogP contribution in [0.15, 0.2) is 78.5 Å². The zero-order chi connectivity index (χ0) is 21.6. The molecule has 4 aromatic rings. The van der Waals surface area contributed by atoms with E-state index in [1.165, 1.54) is 0 Å². The van der Waals surface area contributed by atoms with Crippen molar-refractivity contribution in [3.8, 4) is 11.5 Å². The summed E-state index contributed by atoms with van der Waals surface area (Å²) in [6, 6.07) is 23.6. The van der Waals surface area contributed by atoms with Gasteiger partial charge in [-0.3, -0.25) is 0 Å². The van der Waals surface area contributed by atoms with Gasteiger partial charge in [0.15, 0.2) is 0 Å². The molecule has 4 rings (SSSR count). The van der Waals surface area contributed by atoms with Gasteiger partial charge >= 0.3 is 0 Å². The summed E-state index contributed by atoms with van der Waals surface area (Å²) in [6.45, 7) is 0.494. The number of aromatic nitrogens is 2. The minimum Gasteiger partial charge on any atom is -0.494 e. The largest absolute Gasteiger partial charge is 0.494 e. The molecule has 1 heterocycles. The highest BCUT2D eigenvalue weighted by Gasteiger charge is 2.11. The zero-order valence-electron chi connectivity index (χ0n) is 17.3. The van der Waals surface area contributed by atoms with Crippen molar-refractivity contribution in [1.29, 1.82) is 0 Å². The first kappa shape index (κ1) is 20.2. The minimum atomic E-state index is 0.169. The summed E-state index contributed by atoms with van der Waals surface area (Å²) in [7, 11) is 1.60. The smallest absolute Gasteiger partial charge is 0.221 e. The van der Waals surface area contributed by atoms with Crippen LogP contribution >= 0.6 is 0 Å². The van der Waals surface area contributed by atoms with Gasteiger partial charge in [-0.05, 0) is 29.3 Å². The van der Waals surface area contributed by atoms with Crippen molar-refractivity contribution in [2.24, 2.45) is 5.73 Å². The third-order valence-corrected chi connectivity index (χ3v) is 4.88. The normalized spacial score (nSPS) is 11.5. The molecule has 0 saturated carbocycles. The lowest BCUT2D eigenvalue weighted by Gasteiger charge is -2.12. The van der Waals surface area contributed by atoms with E-state index in [9.17, 15) is 0 Å². The topological polar surface area (TPSA) is 96.3 Å². The van der Waals surface area contributed by atoms with Crippen molar-refractivity contribution in [3.63, 3.8) is 0 Å². The molecule has 0 unspecified atom stereocenters. The SMILES string of the molecule is COc1cccc2c(C=C(N)Cc3ccccc3OCc3ccccc3)nc(N)nc12. The van der Waals surface area contributed by atoms with Gasteiger partial charge in [-0.1, -0.05) is 60.7 Å². The molecule has 0 aliphatic heterocycles. The van der Waals surface area contributed by atoms with Crippen LogP contribution in [-0.2, 0) is 13.0 Å². The van der Waals surface area contributed by atoms with E-state index in [2.05, 4.69) is 9.97 Å². The van der Waals surface area contributed by atoms with Crippen LogP contribution in [0, 0.1) is 0 Å². The molecule has 0 spiro atoms. The molecule has 31 heavy (non-hydrogen) atoms. The highest BCUT2D eigenvalue weighted by Crippen LogP contribution is 2.28. The van der Waals surface area contributed by atoms with E-state index in [-0.39, 0.29) is 5.95 Å². The number of nitrogens with two attached hydrogens (primary N) is 2. The summed E-state index contributed by atoms with van der Waals surface area (Å²) in [6.07, 6.45) is 2.34. The predicted octanol–water partition coefficient (Wildman–Crippen LogP) is 4.34. The number of nitrogens with zero attached hydrogens (tertiary/aromatic N) is 2. The molecule has 1 aromatic heterocycles. The first-order chi connectivity index (χ1) is 15.1. The molecule has 0 radical (unpaired) electrons. The Morgan fingerprint density at radius 1 is 0.903 bits per heavy atom. The maximum absolute atomic E-state index is 6.40. The first-order valence-electron chi connectivity index (χ1n) is 9.95. The van der Waals surface area contributed by atoms with Crippen molar-refractivity contribution in [2.45, 2.75) is 13.0 Å². The van der Waals surface area contributed by atoms with Gasteiger partial charge in [0.05, 0.1) is 12.8 Å². The fourth-order valence-corrected chi connectivity index (χ4v) is 3.41. The Balaban J connectivity index is 1.60. The van der Waals surface area contributed by atoms with Crippen molar-refractivity contribution in [2.75, 3.05) is 12.8 Å². The number of hydrogen-bond acceptors (Lipinski definition) is 6. The summed E-state index contributed by atoms with van der Waals surface area (Å²) in [5.41, 5.74) is 16.4. The Bertz CT molecular complexity index is 1220. The van der Waals surface area contributed by atoms with Crippen LogP contribution in [0.1, 0.15) is 16.8 Å². The molecule has 0 atom stereocenters. The Morgan fingerprint density at radius 2 is 1.65 bits per heavy atom. The quantitative estimate of drug-likeness (QED) is 0.469. The molecule has 0 fully saturated rings. The third kappa shape index (κ3) is 4.75. The van der Waals surface area contributed by atoms with E-state index >= 15 is 0 Å². The number of rotatable bonds is 7. The standard InChI is InChI=1S/C25H24N4O2/c1-30-23-13-7-11-20-21(28-25(27)29-24(20)23)15-19(26)14-18-10-5-6-12-22(18)31-16-17-8-3-2-4-9-17/h2-13,15H,14,16,26H2,1H3,(H2,27,28,29). The fraction of sp³-hybridized carbons (Fsp3) is 0.120. The zero-order valence-corrected chi connectivity index (χ0v) is 17.3. The van der Waals surface area contributed by atoms with Gasteiger partial charge in [-0.25, -0.2) is 9.97 Å². The lowest BCUT2D eigenvalue weighted by Crippen LogP contribution is -2.06. The summed E-state index contributed by atoms with van der Waals surface area (Å²) in [4.78, 5) is 8.70. The molecule has 0 saturated heterocycles. The molecule has 0 bridgehead atoms. The second-order valence-electron chi connectivity index (χ2n) is 7.10. The minimum absolute atomic E-state index is 0.169. The van der Waals surface area contributed by atoms with E-state index in [4.69, 9.17) is 20.9 Å². The molecule has 0 aliphatic rings. The van der Waals surface area contributed by atoms with Crippen molar-refractivity contribution < 1.29 is 9.47 Å². The molecule has 6 nitrogen and oxygen atoms in total. The number of para-hydroxylation sites is 2. The third-order valence-electron chi connectivity index (χ3n) is 4.88. The molecule has 156 valence electrons. The Labute approximate surface area is 181 Å². The average Bonchev–Trinajstić information content (AvgIpc) is 2.78. The number of nitrogen functional groups attached to an aromatic ring is 1. The van der Waals surface area contributed by atoms with Gasteiger partial charge in [-0.15, -0.1) is 0 Å². The van der Waals surface area contributed by atoms with Crippen molar-refractivity contribution >= 4 is 22.9 Å². The molecular weight excluding hydrogens is 388 g/mol. The number of anilines is 1. The van der Waals surface area contributed by atoms with Gasteiger partial charge in [0.25, 0.3) is 0 Å². The van der Waals surface area contributed by atoms with Crippen LogP contribution in [0.5, 0.6) is 11.5 Å². The van der Waals surface area contributed by atoms with E-state index in [0.29, 0.717) is 35.7 Å². The number of ether oxygens (including phenoxy) is 2. The molecule has 4 N–H and O–H groups in total. The lowest BCUT2D eigenvalue weighted by atomic mass is 10.1. The van der Waals surface area contributed by atoms with Gasteiger partial charge in [-0.2, -0.15) is 0 Å². The maximum Gasteiger partial charge on any atom is 0.221 e. The van der Waals surface area contributed by atoms with Crippen molar-refractivity contribution in [3.05, 3.63) is 95.3 Å². The number of hydrogen-bond donors (Lipinski definition) is 2. The second-order valence-corrected chi connectivity index (χ2v) is 7.10. The van der Waals surface area contributed by atoms with Crippen molar-refractivity contribution in [1.82, 2.24) is 9.97 Å². The van der Waals surface area contributed by atoms with Crippen LogP contribution in [0.25, 0.3) is 17.0 Å². The Hall–Kier alpha value is -4.06. The van der Waals surface area contributed by atoms with E-state index in [1.807, 2.05) is 78.9 Å². The highest BCUT2D eigenvalue weighted by molar-refractivity contribution is 5.91. The van der Waals surface area contributed by atoms with Gasteiger partial charge < -0.3 is 20.9 Å². The lowest BCUT2D eigenvalue weighted by molar-refractivity contribution is 0.303. The van der Waals surface area contributed by atoms with Crippen LogP contribution in [0.2, 0.25) is 0 Å². The predicted molar refractivity (Wildman–Crippen MR) is 124 cm³/mol. The van der Waals surface area contributed by atoms with E-state index in [0.717, 1.165) is 22.3 Å². The van der Waals surface area contributed by atoms with Crippen LogP contribution in [-0.4, -0.2) is 17.1 Å². The average molecular weight is 412 g/mol. The number of fused-ring (bicyclic) bond motifs is 1. The van der Waals surface area contributed by atoms with Gasteiger partial charge in [0, 0.05) is 17.5 Å². The number of methoxy groups -OCH3 is 1. The summed E-state index contributed by atoms with van der Waals surface area (Å²) >= 11 is 0. The highest BCUT2D eigenvalue weighted by atomic mass is 16.5. The molecule has 0 amide bonds. The Kier molecular flexibility index (Phi) is 5.98. The first-order valence-corrected chi connectivity index (χ1v) is 9.95. The van der Waals surface area contributed by atoms with Crippen LogP contribution in [0.4, 0.5) is 5.95 Å². The summed E-state index contributed by atoms with van der Waals surface area (Å²) < 4.78 is 11.5. The molecule has 0 aliphatic carbocycles. The van der Waals surface area contributed by atoms with Crippen LogP contribution < -0.4 is 20.9 Å². The summed E-state index contributed by atoms with van der Waals surface area (Å²) in [5.74, 6) is 1.61. The Morgan fingerprint density at radius 3 is 2.45 bits per heavy atom. The maximum atomic E-state index is 6.40. The van der Waals surface area contributed by atoms with E-state index < -0.39 is 0 Å². The monoisotopic (exact) mass is 412 g/mol. The fourth-order valence-electron chi connectivity index (χ4n) is 3.41.